The maximum absolute atomic E-state index is 5.70. The van der Waals surface area contributed by atoms with Gasteiger partial charge in [0.2, 0.25) is 0 Å². The van der Waals surface area contributed by atoms with Crippen LogP contribution < -0.4 is 11.1 Å². The lowest BCUT2D eigenvalue weighted by atomic mass is 10.3. The van der Waals surface area contributed by atoms with E-state index >= 15 is 0 Å². The highest BCUT2D eigenvalue weighted by atomic mass is 16.5. The van der Waals surface area contributed by atoms with Crippen molar-refractivity contribution >= 4 is 11.6 Å². The van der Waals surface area contributed by atoms with Gasteiger partial charge in [0, 0.05) is 32.2 Å². The van der Waals surface area contributed by atoms with E-state index in [-0.39, 0.29) is 0 Å². The molecule has 1 aromatic heterocycles. The van der Waals surface area contributed by atoms with Gasteiger partial charge < -0.3 is 15.8 Å². The third-order valence-corrected chi connectivity index (χ3v) is 2.52. The quantitative estimate of drug-likeness (QED) is 0.659. The SMILES string of the molecule is CCCCOCCCNc1cc(N)nc(CC)n1. The van der Waals surface area contributed by atoms with E-state index in [0.29, 0.717) is 5.82 Å². The first-order chi connectivity index (χ1) is 8.76. The smallest absolute Gasteiger partial charge is 0.132 e. The number of aryl methyl sites for hydroxylation is 1. The molecule has 5 heteroatoms. The number of anilines is 2. The highest BCUT2D eigenvalue weighted by Crippen LogP contribution is 2.08. The van der Waals surface area contributed by atoms with Crippen LogP contribution in [0.1, 0.15) is 38.9 Å². The third kappa shape index (κ3) is 5.82. The fourth-order valence-electron chi connectivity index (χ4n) is 1.51. The summed E-state index contributed by atoms with van der Waals surface area (Å²) in [5.74, 6) is 2.09. The number of rotatable bonds is 9. The Hall–Kier alpha value is -1.36. The van der Waals surface area contributed by atoms with Gasteiger partial charge in [0.05, 0.1) is 0 Å². The van der Waals surface area contributed by atoms with E-state index in [9.17, 15) is 0 Å². The summed E-state index contributed by atoms with van der Waals surface area (Å²) in [4.78, 5) is 8.49. The molecule has 1 rings (SSSR count). The van der Waals surface area contributed by atoms with Crippen LogP contribution in [-0.2, 0) is 11.2 Å². The molecule has 0 spiro atoms. The molecule has 0 amide bonds. The van der Waals surface area contributed by atoms with Gasteiger partial charge in [-0.2, -0.15) is 0 Å². The van der Waals surface area contributed by atoms with Gasteiger partial charge >= 0.3 is 0 Å². The average molecular weight is 252 g/mol. The number of ether oxygens (including phenoxy) is 1. The van der Waals surface area contributed by atoms with E-state index in [0.717, 1.165) is 50.7 Å². The number of nitrogens with two attached hydrogens (primary N) is 1. The van der Waals surface area contributed by atoms with E-state index in [1.54, 1.807) is 6.07 Å². The number of aromatic nitrogens is 2. The maximum atomic E-state index is 5.70. The summed E-state index contributed by atoms with van der Waals surface area (Å²) in [6.07, 6.45) is 4.07. The molecular weight excluding hydrogens is 228 g/mol. The predicted octanol–water partition coefficient (Wildman–Crippen LogP) is 2.24. The van der Waals surface area contributed by atoms with Gasteiger partial charge in [-0.3, -0.25) is 0 Å². The Morgan fingerprint density at radius 1 is 1.22 bits per heavy atom. The zero-order valence-electron chi connectivity index (χ0n) is 11.4. The molecule has 3 N–H and O–H groups in total. The molecule has 1 aromatic rings. The van der Waals surface area contributed by atoms with Crippen molar-refractivity contribution in [1.82, 2.24) is 9.97 Å². The summed E-state index contributed by atoms with van der Waals surface area (Å²) >= 11 is 0. The molecule has 0 atom stereocenters. The Morgan fingerprint density at radius 3 is 2.72 bits per heavy atom. The number of unbranched alkanes of at least 4 members (excludes halogenated alkanes) is 1. The Morgan fingerprint density at radius 2 is 2.00 bits per heavy atom. The first kappa shape index (κ1) is 14.7. The van der Waals surface area contributed by atoms with Crippen LogP contribution in [0.25, 0.3) is 0 Å². The number of nitrogens with zero attached hydrogens (tertiary/aromatic N) is 2. The summed E-state index contributed by atoms with van der Waals surface area (Å²) < 4.78 is 5.48. The second-order valence-electron chi connectivity index (χ2n) is 4.19. The number of nitrogens with one attached hydrogen (secondary N) is 1. The van der Waals surface area contributed by atoms with Crippen molar-refractivity contribution in [3.05, 3.63) is 11.9 Å². The van der Waals surface area contributed by atoms with Crippen LogP contribution in [0.2, 0.25) is 0 Å². The summed E-state index contributed by atoms with van der Waals surface area (Å²) in [5.41, 5.74) is 5.70. The highest BCUT2D eigenvalue weighted by Gasteiger charge is 2.00. The zero-order chi connectivity index (χ0) is 13.2. The molecule has 0 aliphatic rings. The first-order valence-electron chi connectivity index (χ1n) is 6.71. The molecular formula is C13H24N4O. The molecule has 0 unspecified atom stereocenters. The maximum Gasteiger partial charge on any atom is 0.132 e. The lowest BCUT2D eigenvalue weighted by Crippen LogP contribution is -2.09. The monoisotopic (exact) mass is 252 g/mol. The van der Waals surface area contributed by atoms with Gasteiger partial charge in [0.25, 0.3) is 0 Å². The van der Waals surface area contributed by atoms with Crippen LogP contribution in [0, 0.1) is 0 Å². The predicted molar refractivity (Wildman–Crippen MR) is 74.7 cm³/mol. The van der Waals surface area contributed by atoms with E-state index in [1.165, 1.54) is 6.42 Å². The van der Waals surface area contributed by atoms with Gasteiger partial charge in [0.15, 0.2) is 0 Å². The number of hydrogen-bond acceptors (Lipinski definition) is 5. The van der Waals surface area contributed by atoms with Crippen molar-refractivity contribution in [2.75, 3.05) is 30.8 Å². The Labute approximate surface area is 109 Å². The Bertz CT molecular complexity index is 344. The van der Waals surface area contributed by atoms with Crippen LogP contribution in [-0.4, -0.2) is 29.7 Å². The van der Waals surface area contributed by atoms with Crippen LogP contribution in [0.4, 0.5) is 11.6 Å². The van der Waals surface area contributed by atoms with Gasteiger partial charge in [-0.05, 0) is 12.8 Å². The minimum Gasteiger partial charge on any atom is -0.384 e. The molecule has 0 fully saturated rings. The van der Waals surface area contributed by atoms with E-state index in [2.05, 4.69) is 22.2 Å². The minimum atomic E-state index is 0.517. The van der Waals surface area contributed by atoms with Crippen LogP contribution in [0.3, 0.4) is 0 Å². The Kier molecular flexibility index (Phi) is 7.10. The second-order valence-corrected chi connectivity index (χ2v) is 4.19. The minimum absolute atomic E-state index is 0.517. The van der Waals surface area contributed by atoms with Gasteiger partial charge in [-0.15, -0.1) is 0 Å². The van der Waals surface area contributed by atoms with Crippen molar-refractivity contribution in [3.63, 3.8) is 0 Å². The van der Waals surface area contributed by atoms with Gasteiger partial charge in [-0.1, -0.05) is 20.3 Å². The standard InChI is InChI=1S/C13H24N4O/c1-3-5-8-18-9-6-7-15-13-10-11(14)16-12(4-2)17-13/h10H,3-9H2,1-2H3,(H3,14,15,16,17). The summed E-state index contributed by atoms with van der Waals surface area (Å²) in [6, 6.07) is 1.76. The molecule has 102 valence electrons. The summed E-state index contributed by atoms with van der Waals surface area (Å²) in [7, 11) is 0. The number of nitrogen functional groups attached to an aromatic ring is 1. The van der Waals surface area contributed by atoms with E-state index in [4.69, 9.17) is 10.5 Å². The van der Waals surface area contributed by atoms with Crippen molar-refractivity contribution in [2.45, 2.75) is 39.5 Å². The van der Waals surface area contributed by atoms with Crippen LogP contribution in [0.5, 0.6) is 0 Å². The molecule has 0 bridgehead atoms. The van der Waals surface area contributed by atoms with Crippen LogP contribution >= 0.6 is 0 Å². The van der Waals surface area contributed by atoms with E-state index < -0.39 is 0 Å². The summed E-state index contributed by atoms with van der Waals surface area (Å²) in [6.45, 7) is 6.66. The zero-order valence-corrected chi connectivity index (χ0v) is 11.4. The highest BCUT2D eigenvalue weighted by molar-refractivity contribution is 5.44. The van der Waals surface area contributed by atoms with Gasteiger partial charge in [-0.25, -0.2) is 9.97 Å². The summed E-state index contributed by atoms with van der Waals surface area (Å²) in [5, 5.41) is 3.24. The molecule has 0 saturated heterocycles. The molecule has 0 radical (unpaired) electrons. The fourth-order valence-corrected chi connectivity index (χ4v) is 1.51. The topological polar surface area (TPSA) is 73.1 Å². The lowest BCUT2D eigenvalue weighted by molar-refractivity contribution is 0.131. The largest absolute Gasteiger partial charge is 0.384 e. The van der Waals surface area contributed by atoms with Crippen molar-refractivity contribution < 1.29 is 4.74 Å². The third-order valence-electron chi connectivity index (χ3n) is 2.52. The Balaban J connectivity index is 2.20. The molecule has 5 nitrogen and oxygen atoms in total. The first-order valence-corrected chi connectivity index (χ1v) is 6.71. The molecule has 0 aliphatic carbocycles. The molecule has 0 aromatic carbocycles. The van der Waals surface area contributed by atoms with Crippen molar-refractivity contribution in [2.24, 2.45) is 0 Å². The van der Waals surface area contributed by atoms with Crippen molar-refractivity contribution in [1.29, 1.82) is 0 Å². The normalized spacial score (nSPS) is 10.6. The van der Waals surface area contributed by atoms with E-state index in [1.807, 2.05) is 6.92 Å². The van der Waals surface area contributed by atoms with Gasteiger partial charge in [0.1, 0.15) is 17.5 Å². The number of hydrogen-bond donors (Lipinski definition) is 2. The molecule has 1 heterocycles. The molecule has 0 aliphatic heterocycles. The molecule has 18 heavy (non-hydrogen) atoms. The average Bonchev–Trinajstić information content (AvgIpc) is 2.37. The molecule has 0 saturated carbocycles. The fraction of sp³-hybridized carbons (Fsp3) is 0.692. The lowest BCUT2D eigenvalue weighted by Gasteiger charge is -2.08. The van der Waals surface area contributed by atoms with Crippen LogP contribution in [0.15, 0.2) is 6.07 Å². The second kappa shape index (κ2) is 8.69. The van der Waals surface area contributed by atoms with Crippen molar-refractivity contribution in [3.8, 4) is 0 Å².